The molecule has 0 spiro atoms. The van der Waals surface area contributed by atoms with Crippen molar-refractivity contribution in [3.63, 3.8) is 0 Å². The standard InChI is InChI=1S/C28H22ClF3N2O4S/c29-21-7-6-16(27(35)34-20-12-22(30)25(32)23(31)13-20)11-24(21)39(37,38)26-17-4-5-18(26)15-28(36,14-17)9-8-19-3-1-2-10-33-19/h1-3,6-7,10-13,17-18,26,36H,4-5,14-15H2,(H,34,35)/t17-,18?,26?,28+/m0/s1. The van der Waals surface area contributed by atoms with E-state index in [1.54, 1.807) is 24.4 Å². The molecule has 0 aliphatic heterocycles. The second-order valence-corrected chi connectivity index (χ2v) is 12.3. The number of hydrogen-bond donors (Lipinski definition) is 2. The summed E-state index contributed by atoms with van der Waals surface area (Å²) >= 11 is 6.28. The van der Waals surface area contributed by atoms with Crippen LogP contribution in [0.15, 0.2) is 59.6 Å². The first-order chi connectivity index (χ1) is 18.5. The average molecular weight is 575 g/mol. The molecule has 2 aromatic carbocycles. The molecule has 6 nitrogen and oxygen atoms in total. The first-order valence-electron chi connectivity index (χ1n) is 12.1. The van der Waals surface area contributed by atoms with Crippen LogP contribution in [0.5, 0.6) is 0 Å². The number of sulfone groups is 1. The maximum Gasteiger partial charge on any atom is 0.255 e. The van der Waals surface area contributed by atoms with Crippen molar-refractivity contribution in [2.24, 2.45) is 11.8 Å². The van der Waals surface area contributed by atoms with Crippen molar-refractivity contribution >= 4 is 33.0 Å². The van der Waals surface area contributed by atoms with Crippen LogP contribution in [0.3, 0.4) is 0 Å². The van der Waals surface area contributed by atoms with E-state index in [4.69, 9.17) is 11.6 Å². The predicted molar refractivity (Wildman–Crippen MR) is 138 cm³/mol. The van der Waals surface area contributed by atoms with Crippen LogP contribution in [0.2, 0.25) is 5.02 Å². The molecule has 4 atom stereocenters. The number of pyridine rings is 1. The number of nitrogens with zero attached hydrogens (tertiary/aromatic N) is 1. The zero-order valence-corrected chi connectivity index (χ0v) is 21.9. The molecular weight excluding hydrogens is 553 g/mol. The summed E-state index contributed by atoms with van der Waals surface area (Å²) in [5.74, 6) is -0.501. The van der Waals surface area contributed by atoms with Crippen LogP contribution in [0, 0.1) is 41.1 Å². The number of carbonyl (C=O) groups is 1. The molecule has 202 valence electrons. The lowest BCUT2D eigenvalue weighted by Gasteiger charge is -2.38. The summed E-state index contributed by atoms with van der Waals surface area (Å²) in [6, 6.07) is 10.1. The molecule has 2 N–H and O–H groups in total. The van der Waals surface area contributed by atoms with Gasteiger partial charge in [0.2, 0.25) is 0 Å². The van der Waals surface area contributed by atoms with Crippen LogP contribution in [-0.4, -0.2) is 35.3 Å². The topological polar surface area (TPSA) is 96.4 Å². The van der Waals surface area contributed by atoms with Crippen LogP contribution in [0.25, 0.3) is 0 Å². The van der Waals surface area contributed by atoms with Gasteiger partial charge < -0.3 is 10.4 Å². The van der Waals surface area contributed by atoms with Gasteiger partial charge in [-0.1, -0.05) is 23.6 Å². The van der Waals surface area contributed by atoms with Gasteiger partial charge in [-0.2, -0.15) is 0 Å². The first kappa shape index (κ1) is 27.2. The van der Waals surface area contributed by atoms with Crippen molar-refractivity contribution in [2.75, 3.05) is 5.32 Å². The molecule has 39 heavy (non-hydrogen) atoms. The Hall–Kier alpha value is -3.39. The molecule has 0 radical (unpaired) electrons. The van der Waals surface area contributed by atoms with Gasteiger partial charge in [-0.25, -0.2) is 26.6 Å². The van der Waals surface area contributed by atoms with E-state index in [2.05, 4.69) is 22.1 Å². The first-order valence-corrected chi connectivity index (χ1v) is 14.1. The van der Waals surface area contributed by atoms with Crippen molar-refractivity contribution in [1.29, 1.82) is 0 Å². The Bertz CT molecular complexity index is 1590. The molecule has 5 rings (SSSR count). The van der Waals surface area contributed by atoms with Crippen LogP contribution < -0.4 is 5.32 Å². The van der Waals surface area contributed by atoms with E-state index >= 15 is 0 Å². The lowest BCUT2D eigenvalue weighted by molar-refractivity contribution is 0.0340. The number of nitrogens with one attached hydrogen (secondary N) is 1. The highest BCUT2D eigenvalue weighted by molar-refractivity contribution is 7.92. The second kappa shape index (κ2) is 10.3. The highest BCUT2D eigenvalue weighted by Gasteiger charge is 2.54. The van der Waals surface area contributed by atoms with Crippen molar-refractivity contribution < 1.29 is 31.5 Å². The van der Waals surface area contributed by atoms with Gasteiger partial charge in [-0.3, -0.25) is 4.79 Å². The molecule has 1 aromatic heterocycles. The fraction of sp³-hybridized carbons (Fsp3) is 0.286. The molecule has 2 aliphatic rings. The zero-order chi connectivity index (χ0) is 27.9. The Balaban J connectivity index is 1.39. The number of halogens is 4. The molecular formula is C28H22ClF3N2O4S. The minimum Gasteiger partial charge on any atom is -0.378 e. The molecule has 0 saturated heterocycles. The smallest absolute Gasteiger partial charge is 0.255 e. The third-order valence-electron chi connectivity index (χ3n) is 7.23. The fourth-order valence-electron chi connectivity index (χ4n) is 5.59. The summed E-state index contributed by atoms with van der Waals surface area (Å²) in [6.45, 7) is 0. The van der Waals surface area contributed by atoms with E-state index in [1.165, 1.54) is 12.1 Å². The minimum absolute atomic E-state index is 0.0828. The molecule has 2 unspecified atom stereocenters. The Morgan fingerprint density at radius 2 is 1.72 bits per heavy atom. The molecule has 11 heteroatoms. The monoisotopic (exact) mass is 574 g/mol. The Kier molecular flexibility index (Phi) is 7.18. The lowest BCUT2D eigenvalue weighted by atomic mass is 9.77. The largest absolute Gasteiger partial charge is 0.378 e. The average Bonchev–Trinajstić information content (AvgIpc) is 3.20. The van der Waals surface area contributed by atoms with E-state index in [0.717, 1.165) is 6.07 Å². The SMILES string of the molecule is O=C(Nc1cc(F)c(F)c(F)c1)c1ccc(Cl)c(S(=O)(=O)C2C3CC[C@H]2C[C@](O)(C#Cc2ccccn2)C3)c1. The van der Waals surface area contributed by atoms with Gasteiger partial charge in [0, 0.05) is 29.6 Å². The summed E-state index contributed by atoms with van der Waals surface area (Å²) in [6.07, 6.45) is 3.08. The van der Waals surface area contributed by atoms with Gasteiger partial charge in [0.25, 0.3) is 5.91 Å². The molecule has 2 aliphatic carbocycles. The lowest BCUT2D eigenvalue weighted by Crippen LogP contribution is -2.45. The van der Waals surface area contributed by atoms with Crippen molar-refractivity contribution in [1.82, 2.24) is 4.98 Å². The van der Waals surface area contributed by atoms with E-state index < -0.39 is 44.0 Å². The number of benzene rings is 2. The summed E-state index contributed by atoms with van der Waals surface area (Å²) in [5.41, 5.74) is -1.32. The van der Waals surface area contributed by atoms with Gasteiger partial charge in [-0.15, -0.1) is 0 Å². The maximum absolute atomic E-state index is 13.8. The molecule has 1 amide bonds. The zero-order valence-electron chi connectivity index (χ0n) is 20.3. The molecule has 2 fully saturated rings. The number of aliphatic hydroxyl groups is 1. The van der Waals surface area contributed by atoms with E-state index in [1.807, 2.05) is 0 Å². The summed E-state index contributed by atoms with van der Waals surface area (Å²) in [4.78, 5) is 16.6. The molecule has 3 aromatic rings. The van der Waals surface area contributed by atoms with Gasteiger partial charge in [0.15, 0.2) is 27.3 Å². The summed E-state index contributed by atoms with van der Waals surface area (Å²) in [5, 5.41) is 12.5. The Labute approximate surface area is 228 Å². The number of hydrogen-bond acceptors (Lipinski definition) is 5. The number of carbonyl (C=O) groups excluding carboxylic acids is 1. The quantitative estimate of drug-likeness (QED) is 0.332. The molecule has 2 bridgehead atoms. The van der Waals surface area contributed by atoms with Crippen LogP contribution in [0.1, 0.15) is 41.7 Å². The number of rotatable bonds is 4. The number of fused-ring (bicyclic) bond motifs is 2. The fourth-order valence-corrected chi connectivity index (χ4v) is 8.44. The third-order valence-corrected chi connectivity index (χ3v) is 10.1. The van der Waals surface area contributed by atoms with Crippen LogP contribution in [-0.2, 0) is 9.84 Å². The number of anilines is 1. The van der Waals surface area contributed by atoms with Crippen LogP contribution in [0.4, 0.5) is 18.9 Å². The van der Waals surface area contributed by atoms with Gasteiger partial charge in [0.05, 0.1) is 15.2 Å². The van der Waals surface area contributed by atoms with Crippen molar-refractivity contribution in [3.05, 3.63) is 88.5 Å². The number of aromatic nitrogens is 1. The van der Waals surface area contributed by atoms with Crippen molar-refractivity contribution in [3.8, 4) is 11.8 Å². The van der Waals surface area contributed by atoms with Gasteiger partial charge in [-0.05, 0) is 73.8 Å². The van der Waals surface area contributed by atoms with Crippen molar-refractivity contribution in [2.45, 2.75) is 41.4 Å². The second-order valence-electron chi connectivity index (χ2n) is 9.87. The van der Waals surface area contributed by atoms with E-state index in [0.29, 0.717) is 30.7 Å². The Morgan fingerprint density at radius 1 is 1.05 bits per heavy atom. The Morgan fingerprint density at radius 3 is 2.33 bits per heavy atom. The van der Waals surface area contributed by atoms with E-state index in [-0.39, 0.29) is 45.8 Å². The highest BCUT2D eigenvalue weighted by atomic mass is 35.5. The highest BCUT2D eigenvalue weighted by Crippen LogP contribution is 2.51. The van der Waals surface area contributed by atoms with Gasteiger partial charge >= 0.3 is 0 Å². The summed E-state index contributed by atoms with van der Waals surface area (Å²) in [7, 11) is -4.05. The normalized spacial score (nSPS) is 24.1. The predicted octanol–water partition coefficient (Wildman–Crippen LogP) is 5.15. The van der Waals surface area contributed by atoms with Gasteiger partial charge in [0.1, 0.15) is 11.3 Å². The number of amides is 1. The summed E-state index contributed by atoms with van der Waals surface area (Å²) < 4.78 is 68.0. The van der Waals surface area contributed by atoms with Crippen LogP contribution >= 0.6 is 11.6 Å². The minimum atomic E-state index is -4.05. The molecule has 1 heterocycles. The molecule has 2 saturated carbocycles. The third kappa shape index (κ3) is 5.39. The maximum atomic E-state index is 13.8. The van der Waals surface area contributed by atoms with E-state index in [9.17, 15) is 31.5 Å².